The SMILES string of the molecule is CCOC(=O)N1CC[C@H](Oc2ccc(C)cn2)C1. The van der Waals surface area contributed by atoms with Crippen LogP contribution in [-0.2, 0) is 4.74 Å². The standard InChI is InChI=1S/C13H18N2O3/c1-3-17-13(16)15-7-6-11(9-15)18-12-5-4-10(2)8-14-12/h4-5,8,11H,3,6-7,9H2,1-2H3/t11-/m0/s1. The number of hydrogen-bond acceptors (Lipinski definition) is 4. The zero-order chi connectivity index (χ0) is 13.0. The van der Waals surface area contributed by atoms with Gasteiger partial charge in [-0.2, -0.15) is 0 Å². The third-order valence-corrected chi connectivity index (χ3v) is 2.84. The molecule has 0 unspecified atom stereocenters. The van der Waals surface area contributed by atoms with Gasteiger partial charge in [0.25, 0.3) is 0 Å². The second-order valence-corrected chi connectivity index (χ2v) is 4.35. The molecule has 18 heavy (non-hydrogen) atoms. The normalized spacial score (nSPS) is 18.8. The van der Waals surface area contributed by atoms with Gasteiger partial charge in [0, 0.05) is 25.2 Å². The highest BCUT2D eigenvalue weighted by Gasteiger charge is 2.28. The van der Waals surface area contributed by atoms with E-state index < -0.39 is 0 Å². The number of hydrogen-bond donors (Lipinski definition) is 0. The van der Waals surface area contributed by atoms with Crippen LogP contribution in [0.5, 0.6) is 5.88 Å². The van der Waals surface area contributed by atoms with Crippen molar-refractivity contribution in [3.05, 3.63) is 23.9 Å². The maximum absolute atomic E-state index is 11.5. The first-order valence-corrected chi connectivity index (χ1v) is 6.20. The average molecular weight is 250 g/mol. The first kappa shape index (κ1) is 12.7. The average Bonchev–Trinajstić information content (AvgIpc) is 2.81. The van der Waals surface area contributed by atoms with Crippen molar-refractivity contribution < 1.29 is 14.3 Å². The van der Waals surface area contributed by atoms with Crippen LogP contribution in [0.1, 0.15) is 18.9 Å². The largest absolute Gasteiger partial charge is 0.472 e. The van der Waals surface area contributed by atoms with E-state index in [2.05, 4.69) is 4.98 Å². The molecule has 0 N–H and O–H groups in total. The van der Waals surface area contributed by atoms with Crippen molar-refractivity contribution in [2.24, 2.45) is 0 Å². The van der Waals surface area contributed by atoms with Crippen LogP contribution in [0, 0.1) is 6.92 Å². The van der Waals surface area contributed by atoms with Crippen molar-refractivity contribution in [3.8, 4) is 5.88 Å². The highest BCUT2D eigenvalue weighted by atomic mass is 16.6. The van der Waals surface area contributed by atoms with E-state index >= 15 is 0 Å². The minimum Gasteiger partial charge on any atom is -0.472 e. The number of carbonyl (C=O) groups excluding carboxylic acids is 1. The van der Waals surface area contributed by atoms with E-state index in [-0.39, 0.29) is 12.2 Å². The molecule has 1 aliphatic heterocycles. The van der Waals surface area contributed by atoms with Crippen molar-refractivity contribution in [1.29, 1.82) is 0 Å². The van der Waals surface area contributed by atoms with Crippen molar-refractivity contribution in [3.63, 3.8) is 0 Å². The van der Waals surface area contributed by atoms with Crippen LogP contribution < -0.4 is 4.74 Å². The summed E-state index contributed by atoms with van der Waals surface area (Å²) in [6.07, 6.45) is 2.33. The molecule has 0 bridgehead atoms. The Morgan fingerprint density at radius 1 is 1.56 bits per heavy atom. The molecule has 1 aliphatic rings. The van der Waals surface area contributed by atoms with E-state index in [1.807, 2.05) is 19.1 Å². The van der Waals surface area contributed by atoms with E-state index in [1.165, 1.54) is 0 Å². The Morgan fingerprint density at radius 3 is 3.06 bits per heavy atom. The zero-order valence-electron chi connectivity index (χ0n) is 10.8. The quantitative estimate of drug-likeness (QED) is 0.823. The van der Waals surface area contributed by atoms with Crippen molar-refractivity contribution >= 4 is 6.09 Å². The topological polar surface area (TPSA) is 51.7 Å². The lowest BCUT2D eigenvalue weighted by Crippen LogP contribution is -2.31. The first-order valence-electron chi connectivity index (χ1n) is 6.20. The van der Waals surface area contributed by atoms with Crippen LogP contribution in [0.3, 0.4) is 0 Å². The van der Waals surface area contributed by atoms with Gasteiger partial charge in [0.15, 0.2) is 0 Å². The third-order valence-electron chi connectivity index (χ3n) is 2.84. The summed E-state index contributed by atoms with van der Waals surface area (Å²) in [5.41, 5.74) is 1.10. The number of carbonyl (C=O) groups is 1. The summed E-state index contributed by atoms with van der Waals surface area (Å²) in [5, 5.41) is 0. The van der Waals surface area contributed by atoms with Crippen LogP contribution in [0.4, 0.5) is 4.79 Å². The van der Waals surface area contributed by atoms with Gasteiger partial charge in [0.1, 0.15) is 6.10 Å². The number of nitrogens with zero attached hydrogens (tertiary/aromatic N) is 2. The van der Waals surface area contributed by atoms with Gasteiger partial charge in [-0.05, 0) is 19.4 Å². The van der Waals surface area contributed by atoms with Crippen LogP contribution >= 0.6 is 0 Å². The third kappa shape index (κ3) is 3.12. The van der Waals surface area contributed by atoms with Crippen molar-refractivity contribution in [1.82, 2.24) is 9.88 Å². The molecule has 5 heteroatoms. The Kier molecular flexibility index (Phi) is 4.02. The monoisotopic (exact) mass is 250 g/mol. The van der Waals surface area contributed by atoms with Crippen LogP contribution in [-0.4, -0.2) is 41.8 Å². The molecule has 2 rings (SSSR count). The number of pyridine rings is 1. The molecule has 1 aromatic heterocycles. The molecule has 2 heterocycles. The highest BCUT2D eigenvalue weighted by Crippen LogP contribution is 2.17. The van der Waals surface area contributed by atoms with Gasteiger partial charge in [0.2, 0.25) is 5.88 Å². The number of amides is 1. The molecule has 0 radical (unpaired) electrons. The number of rotatable bonds is 3. The molecule has 98 valence electrons. The van der Waals surface area contributed by atoms with Crippen LogP contribution in [0.15, 0.2) is 18.3 Å². The van der Waals surface area contributed by atoms with Gasteiger partial charge in [-0.15, -0.1) is 0 Å². The Morgan fingerprint density at radius 2 is 2.39 bits per heavy atom. The minimum absolute atomic E-state index is 0.00427. The predicted octanol–water partition coefficient (Wildman–Crippen LogP) is 2.00. The summed E-state index contributed by atoms with van der Waals surface area (Å²) in [5.74, 6) is 0.608. The molecule has 1 fully saturated rings. The number of likely N-dealkylation sites (tertiary alicyclic amines) is 1. The molecular formula is C13H18N2O3. The summed E-state index contributed by atoms with van der Waals surface area (Å²) in [7, 11) is 0. The molecule has 0 aromatic carbocycles. The summed E-state index contributed by atoms with van der Waals surface area (Å²) in [6.45, 7) is 5.43. The molecule has 1 aromatic rings. The Labute approximate surface area is 107 Å². The lowest BCUT2D eigenvalue weighted by molar-refractivity contribution is 0.109. The molecule has 0 aliphatic carbocycles. The second kappa shape index (κ2) is 5.71. The van der Waals surface area contributed by atoms with Crippen LogP contribution in [0.25, 0.3) is 0 Å². The molecule has 5 nitrogen and oxygen atoms in total. The fourth-order valence-electron chi connectivity index (χ4n) is 1.90. The Bertz CT molecular complexity index is 405. The summed E-state index contributed by atoms with van der Waals surface area (Å²) < 4.78 is 10.7. The van der Waals surface area contributed by atoms with Crippen LogP contribution in [0.2, 0.25) is 0 Å². The van der Waals surface area contributed by atoms with E-state index in [0.29, 0.717) is 25.6 Å². The zero-order valence-corrected chi connectivity index (χ0v) is 10.8. The summed E-state index contributed by atoms with van der Waals surface area (Å²) in [4.78, 5) is 17.4. The molecule has 1 saturated heterocycles. The minimum atomic E-state index is -0.263. The van der Waals surface area contributed by atoms with E-state index in [9.17, 15) is 4.79 Å². The highest BCUT2D eigenvalue weighted by molar-refractivity contribution is 5.67. The maximum Gasteiger partial charge on any atom is 0.409 e. The fraction of sp³-hybridized carbons (Fsp3) is 0.538. The Hall–Kier alpha value is -1.78. The molecule has 0 spiro atoms. The van der Waals surface area contributed by atoms with Gasteiger partial charge in [-0.1, -0.05) is 6.07 Å². The van der Waals surface area contributed by atoms with E-state index in [4.69, 9.17) is 9.47 Å². The van der Waals surface area contributed by atoms with Gasteiger partial charge in [0.05, 0.1) is 13.2 Å². The van der Waals surface area contributed by atoms with Gasteiger partial charge in [-0.25, -0.2) is 9.78 Å². The summed E-state index contributed by atoms with van der Waals surface area (Å²) in [6, 6.07) is 3.81. The second-order valence-electron chi connectivity index (χ2n) is 4.35. The Balaban J connectivity index is 1.86. The first-order chi connectivity index (χ1) is 8.69. The number of aryl methyl sites for hydroxylation is 1. The van der Waals surface area contributed by atoms with Gasteiger partial charge in [-0.3, -0.25) is 0 Å². The fourth-order valence-corrected chi connectivity index (χ4v) is 1.90. The number of aromatic nitrogens is 1. The van der Waals surface area contributed by atoms with Crippen molar-refractivity contribution in [2.75, 3.05) is 19.7 Å². The number of ether oxygens (including phenoxy) is 2. The molecule has 1 amide bonds. The summed E-state index contributed by atoms with van der Waals surface area (Å²) >= 11 is 0. The smallest absolute Gasteiger partial charge is 0.409 e. The van der Waals surface area contributed by atoms with E-state index in [1.54, 1.807) is 18.0 Å². The maximum atomic E-state index is 11.5. The molecule has 0 saturated carbocycles. The molecule has 1 atom stereocenters. The molecular weight excluding hydrogens is 232 g/mol. The van der Waals surface area contributed by atoms with Gasteiger partial charge >= 0.3 is 6.09 Å². The lowest BCUT2D eigenvalue weighted by atomic mass is 10.3. The van der Waals surface area contributed by atoms with Gasteiger partial charge < -0.3 is 14.4 Å². The lowest BCUT2D eigenvalue weighted by Gasteiger charge is -2.16. The van der Waals surface area contributed by atoms with Crippen molar-refractivity contribution in [2.45, 2.75) is 26.4 Å². The van der Waals surface area contributed by atoms with E-state index in [0.717, 1.165) is 12.0 Å². The predicted molar refractivity (Wildman–Crippen MR) is 66.6 cm³/mol.